The maximum atomic E-state index is 10.8. The van der Waals surface area contributed by atoms with Gasteiger partial charge in [-0.2, -0.15) is 0 Å². The molecule has 0 aromatic carbocycles. The number of carbonyl (C=O) groups excluding carboxylic acids is 4. The molecule has 0 radical (unpaired) electrons. The van der Waals surface area contributed by atoms with Gasteiger partial charge in [-0.05, 0) is 0 Å². The van der Waals surface area contributed by atoms with Gasteiger partial charge in [0.1, 0.15) is 0 Å². The number of hydrogen-bond donors (Lipinski definition) is 0. The SMILES string of the molecule is CC(=O)C(=O)O[PH]1(C)OC(=O)C(=O)O1. The molecule has 0 saturated carbocycles. The zero-order valence-corrected chi connectivity index (χ0v) is 8.36. The molecule has 0 aromatic heterocycles. The Morgan fingerprint density at radius 3 is 2.00 bits per heavy atom. The van der Waals surface area contributed by atoms with Gasteiger partial charge in [-0.15, -0.1) is 0 Å². The van der Waals surface area contributed by atoms with Gasteiger partial charge in [0, 0.05) is 0 Å². The van der Waals surface area contributed by atoms with Gasteiger partial charge in [0.05, 0.1) is 0 Å². The molecule has 1 fully saturated rings. The first-order valence-electron chi connectivity index (χ1n) is 3.54. The van der Waals surface area contributed by atoms with E-state index in [-0.39, 0.29) is 0 Å². The normalized spacial score (nSPS) is 20.7. The van der Waals surface area contributed by atoms with Crippen LogP contribution in [0.5, 0.6) is 0 Å². The minimum absolute atomic E-state index is 0.863. The fraction of sp³-hybridized carbons (Fsp3) is 0.333. The molecule has 0 aliphatic carbocycles. The summed E-state index contributed by atoms with van der Waals surface area (Å²) in [5.41, 5.74) is 0. The monoisotopic (exact) mass is 222 g/mol. The molecule has 1 heterocycles. The van der Waals surface area contributed by atoms with E-state index in [0.717, 1.165) is 13.6 Å². The molecule has 1 rings (SSSR count). The van der Waals surface area contributed by atoms with Crippen LogP contribution in [-0.4, -0.2) is 30.4 Å². The first kappa shape index (κ1) is 10.6. The molecule has 1 aliphatic heterocycles. The van der Waals surface area contributed by atoms with Crippen molar-refractivity contribution in [1.29, 1.82) is 0 Å². The molecule has 0 unspecified atom stereocenters. The standard InChI is InChI=1S/C6H7O7P/c1-3(7)4(8)11-14(2)12-5(9)6(10)13-14/h14H,1-2H3. The summed E-state index contributed by atoms with van der Waals surface area (Å²) in [4.78, 5) is 42.5. The van der Waals surface area contributed by atoms with E-state index in [4.69, 9.17) is 0 Å². The van der Waals surface area contributed by atoms with E-state index in [1.165, 1.54) is 0 Å². The minimum atomic E-state index is -3.61. The summed E-state index contributed by atoms with van der Waals surface area (Å²) in [6.07, 6.45) is 0. The van der Waals surface area contributed by atoms with Crippen molar-refractivity contribution in [2.24, 2.45) is 0 Å². The fourth-order valence-corrected chi connectivity index (χ4v) is 2.17. The summed E-state index contributed by atoms with van der Waals surface area (Å²) >= 11 is 0. The first-order valence-corrected chi connectivity index (χ1v) is 5.77. The van der Waals surface area contributed by atoms with E-state index in [0.29, 0.717) is 0 Å². The number of ketones is 1. The summed E-state index contributed by atoms with van der Waals surface area (Å²) in [6, 6.07) is 0. The van der Waals surface area contributed by atoms with Crippen molar-refractivity contribution in [2.75, 3.05) is 6.66 Å². The Bertz CT molecular complexity index is 317. The van der Waals surface area contributed by atoms with Crippen LogP contribution in [0, 0.1) is 0 Å². The average molecular weight is 222 g/mol. The molecular formula is C6H7O7P. The third-order valence-electron chi connectivity index (χ3n) is 1.29. The summed E-state index contributed by atoms with van der Waals surface area (Å²) in [5.74, 6) is -4.48. The molecule has 0 spiro atoms. The predicted molar refractivity (Wildman–Crippen MR) is 43.2 cm³/mol. The second-order valence-electron chi connectivity index (χ2n) is 2.59. The summed E-state index contributed by atoms with van der Waals surface area (Å²) < 4.78 is 13.3. The Labute approximate surface area is 78.9 Å². The van der Waals surface area contributed by atoms with Gasteiger partial charge in [0.2, 0.25) is 0 Å². The molecular weight excluding hydrogens is 215 g/mol. The van der Waals surface area contributed by atoms with Crippen LogP contribution in [0.1, 0.15) is 6.92 Å². The second-order valence-corrected chi connectivity index (χ2v) is 4.92. The topological polar surface area (TPSA) is 96.0 Å². The Morgan fingerprint density at radius 1 is 1.21 bits per heavy atom. The van der Waals surface area contributed by atoms with E-state index >= 15 is 0 Å². The van der Waals surface area contributed by atoms with Crippen LogP contribution in [0.2, 0.25) is 0 Å². The van der Waals surface area contributed by atoms with Crippen molar-refractivity contribution in [3.63, 3.8) is 0 Å². The van der Waals surface area contributed by atoms with E-state index in [2.05, 4.69) is 13.6 Å². The Morgan fingerprint density at radius 2 is 1.64 bits per heavy atom. The number of carbonyl (C=O) groups is 4. The molecule has 78 valence electrons. The van der Waals surface area contributed by atoms with Gasteiger partial charge in [-0.1, -0.05) is 0 Å². The number of rotatable bonds is 2. The van der Waals surface area contributed by atoms with Crippen LogP contribution < -0.4 is 0 Å². The molecule has 0 N–H and O–H groups in total. The average Bonchev–Trinajstić information content (AvgIpc) is 2.25. The van der Waals surface area contributed by atoms with Crippen molar-refractivity contribution in [2.45, 2.75) is 6.92 Å². The van der Waals surface area contributed by atoms with E-state index < -0.39 is 31.6 Å². The van der Waals surface area contributed by atoms with Gasteiger partial charge in [0.15, 0.2) is 0 Å². The summed E-state index contributed by atoms with van der Waals surface area (Å²) in [7, 11) is -3.61. The molecule has 1 aliphatic rings. The van der Waals surface area contributed by atoms with Crippen molar-refractivity contribution < 1.29 is 32.7 Å². The first-order chi connectivity index (χ1) is 6.34. The molecule has 0 amide bonds. The molecule has 8 heteroatoms. The second kappa shape index (κ2) is 3.34. The van der Waals surface area contributed by atoms with Crippen molar-refractivity contribution >= 4 is 31.6 Å². The van der Waals surface area contributed by atoms with E-state index in [1.807, 2.05) is 0 Å². The molecule has 0 atom stereocenters. The van der Waals surface area contributed by atoms with E-state index in [1.54, 1.807) is 0 Å². The molecule has 1 saturated heterocycles. The van der Waals surface area contributed by atoms with Gasteiger partial charge in [0.25, 0.3) is 0 Å². The van der Waals surface area contributed by atoms with E-state index in [9.17, 15) is 19.2 Å². The molecule has 14 heavy (non-hydrogen) atoms. The Balaban J connectivity index is 2.70. The Kier molecular flexibility index (Phi) is 2.53. The summed E-state index contributed by atoms with van der Waals surface area (Å²) in [6.45, 7) is 2.15. The van der Waals surface area contributed by atoms with Crippen LogP contribution in [0.25, 0.3) is 0 Å². The van der Waals surface area contributed by atoms with Crippen molar-refractivity contribution in [1.82, 2.24) is 0 Å². The molecule has 0 bridgehead atoms. The fourth-order valence-electron chi connectivity index (χ4n) is 0.723. The van der Waals surface area contributed by atoms with Gasteiger partial charge >= 0.3 is 78.0 Å². The predicted octanol–water partition coefficient (Wildman–Crippen LogP) is -0.657. The molecule has 0 aromatic rings. The van der Waals surface area contributed by atoms with Gasteiger partial charge in [-0.3, -0.25) is 0 Å². The van der Waals surface area contributed by atoms with Crippen LogP contribution in [0.15, 0.2) is 0 Å². The quantitative estimate of drug-likeness (QED) is 0.452. The zero-order chi connectivity index (χ0) is 10.9. The summed E-state index contributed by atoms with van der Waals surface area (Å²) in [5, 5.41) is 0. The van der Waals surface area contributed by atoms with Gasteiger partial charge in [-0.25, -0.2) is 0 Å². The molecule has 7 nitrogen and oxygen atoms in total. The van der Waals surface area contributed by atoms with Crippen LogP contribution in [-0.2, 0) is 32.7 Å². The van der Waals surface area contributed by atoms with Crippen molar-refractivity contribution in [3.05, 3.63) is 0 Å². The third kappa shape index (κ3) is 2.05. The third-order valence-corrected chi connectivity index (χ3v) is 2.96. The zero-order valence-electron chi connectivity index (χ0n) is 7.36. The van der Waals surface area contributed by atoms with Crippen LogP contribution in [0.3, 0.4) is 0 Å². The maximum absolute atomic E-state index is 10.8. The van der Waals surface area contributed by atoms with Gasteiger partial charge < -0.3 is 0 Å². The Hall–Kier alpha value is -1.49. The van der Waals surface area contributed by atoms with Crippen molar-refractivity contribution in [3.8, 4) is 0 Å². The number of Topliss-reactive ketones (excluding diaryl/α,β-unsaturated/α-hetero) is 1. The van der Waals surface area contributed by atoms with Crippen LogP contribution in [0.4, 0.5) is 0 Å². The number of hydrogen-bond acceptors (Lipinski definition) is 7. The van der Waals surface area contributed by atoms with Crippen LogP contribution >= 0.6 is 7.94 Å².